The molecule has 1 saturated heterocycles. The lowest BCUT2D eigenvalue weighted by atomic mass is 10.1. The lowest BCUT2D eigenvalue weighted by Gasteiger charge is -2.33. The number of ether oxygens (including phenoxy) is 1. The van der Waals surface area contributed by atoms with Crippen molar-refractivity contribution in [2.45, 2.75) is 26.8 Å². The van der Waals surface area contributed by atoms with Crippen LogP contribution in [0.3, 0.4) is 0 Å². The van der Waals surface area contributed by atoms with Crippen molar-refractivity contribution in [2.24, 2.45) is 0 Å². The Morgan fingerprint density at radius 3 is 2.80 bits per heavy atom. The molecule has 2 aromatic rings. The van der Waals surface area contributed by atoms with E-state index in [1.54, 1.807) is 4.90 Å². The van der Waals surface area contributed by atoms with Crippen molar-refractivity contribution in [3.63, 3.8) is 0 Å². The maximum absolute atomic E-state index is 11.8. The van der Waals surface area contributed by atoms with E-state index in [0.29, 0.717) is 31.5 Å². The van der Waals surface area contributed by atoms with Crippen LogP contribution in [-0.4, -0.2) is 54.0 Å². The Morgan fingerprint density at radius 1 is 1.36 bits per heavy atom. The fraction of sp³-hybridized carbons (Fsp3) is 0.500. The van der Waals surface area contributed by atoms with Crippen molar-refractivity contribution in [1.82, 2.24) is 15.1 Å². The monoisotopic (exact) mass is 345 g/mol. The maximum Gasteiger partial charge on any atom is 0.410 e. The van der Waals surface area contributed by atoms with E-state index in [0.717, 1.165) is 24.2 Å². The summed E-state index contributed by atoms with van der Waals surface area (Å²) in [7, 11) is 0. The highest BCUT2D eigenvalue weighted by Crippen LogP contribution is 2.20. The van der Waals surface area contributed by atoms with Gasteiger partial charge in [-0.25, -0.2) is 4.79 Å². The number of nitrogens with one attached hydrogen (secondary N) is 1. The zero-order valence-corrected chi connectivity index (χ0v) is 15.0. The molecule has 3 rings (SSSR count). The number of piperazine rings is 1. The molecule has 1 aromatic carbocycles. The van der Waals surface area contributed by atoms with Crippen LogP contribution in [0.4, 0.5) is 4.79 Å². The molecular weight excluding hydrogens is 320 g/mol. The van der Waals surface area contributed by atoms with E-state index in [1.165, 1.54) is 4.90 Å². The summed E-state index contributed by atoms with van der Waals surface area (Å²) in [5.74, 6) is 1.19. The van der Waals surface area contributed by atoms with Crippen LogP contribution in [0.1, 0.15) is 31.3 Å². The van der Waals surface area contributed by atoms with Gasteiger partial charge in [-0.2, -0.15) is 0 Å². The molecule has 0 saturated carbocycles. The van der Waals surface area contributed by atoms with Crippen molar-refractivity contribution < 1.29 is 18.8 Å². The summed E-state index contributed by atoms with van der Waals surface area (Å²) < 4.78 is 11.0. The van der Waals surface area contributed by atoms with E-state index >= 15 is 0 Å². The normalized spacial score (nSPS) is 16.7. The van der Waals surface area contributed by atoms with Gasteiger partial charge in [0.1, 0.15) is 0 Å². The summed E-state index contributed by atoms with van der Waals surface area (Å²) in [6.07, 6.45) is -0.228. The third-order valence-electron chi connectivity index (χ3n) is 4.62. The van der Waals surface area contributed by atoms with Crippen LogP contribution < -0.4 is 4.90 Å². The van der Waals surface area contributed by atoms with E-state index in [1.807, 2.05) is 38.1 Å². The fourth-order valence-corrected chi connectivity index (χ4v) is 3.10. The Morgan fingerprint density at radius 2 is 2.12 bits per heavy atom. The predicted octanol–water partition coefficient (Wildman–Crippen LogP) is 1.46. The quantitative estimate of drug-likeness (QED) is 0.908. The summed E-state index contributed by atoms with van der Waals surface area (Å²) >= 11 is 0. The minimum atomic E-state index is -0.228. The first-order valence-electron chi connectivity index (χ1n) is 8.75. The third-order valence-corrected chi connectivity index (χ3v) is 4.62. The molecule has 0 spiro atoms. The molecule has 0 unspecified atom stereocenters. The number of nitrogens with zero attached hydrogens (tertiary/aromatic N) is 3. The molecule has 134 valence electrons. The highest BCUT2D eigenvalue weighted by atomic mass is 16.6. The van der Waals surface area contributed by atoms with Gasteiger partial charge in [-0.05, 0) is 32.9 Å². The molecule has 1 fully saturated rings. The fourth-order valence-electron chi connectivity index (χ4n) is 3.10. The van der Waals surface area contributed by atoms with Crippen LogP contribution >= 0.6 is 0 Å². The second kappa shape index (κ2) is 7.65. The zero-order chi connectivity index (χ0) is 17.8. The van der Waals surface area contributed by atoms with Gasteiger partial charge in [-0.1, -0.05) is 17.7 Å². The minimum absolute atomic E-state index is 0.0930. The summed E-state index contributed by atoms with van der Waals surface area (Å²) in [6, 6.07) is 8.12. The van der Waals surface area contributed by atoms with Gasteiger partial charge in [0.2, 0.25) is 5.89 Å². The number of benzene rings is 1. The standard InChI is InChI=1S/C18H24N4O3/c1-4-24-18(23)22-10-8-21(9-11-22)14(3)16-19-20-17(25-16)15-7-5-6-13(2)12-15/h5-7,12,14H,4,8-11H2,1-3H3/p+1/t14-/m0/s1. The van der Waals surface area contributed by atoms with E-state index in [9.17, 15) is 4.79 Å². The molecule has 2 heterocycles. The Kier molecular flexibility index (Phi) is 5.33. The average molecular weight is 345 g/mol. The van der Waals surface area contributed by atoms with Crippen LogP contribution in [0.25, 0.3) is 11.5 Å². The lowest BCUT2D eigenvalue weighted by molar-refractivity contribution is -0.934. The Labute approximate surface area is 147 Å². The van der Waals surface area contributed by atoms with E-state index in [4.69, 9.17) is 9.15 Å². The average Bonchev–Trinajstić information content (AvgIpc) is 3.11. The number of amides is 1. The van der Waals surface area contributed by atoms with Gasteiger partial charge in [-0.3, -0.25) is 4.90 Å². The number of hydrogen-bond donors (Lipinski definition) is 1. The van der Waals surface area contributed by atoms with Crippen molar-refractivity contribution >= 4 is 6.09 Å². The molecule has 1 N–H and O–H groups in total. The van der Waals surface area contributed by atoms with Crippen molar-refractivity contribution in [3.8, 4) is 11.5 Å². The molecule has 1 aromatic heterocycles. The molecule has 1 aliphatic heterocycles. The van der Waals surface area contributed by atoms with Gasteiger partial charge < -0.3 is 14.1 Å². The molecule has 0 bridgehead atoms. The van der Waals surface area contributed by atoms with Gasteiger partial charge in [0.05, 0.1) is 32.8 Å². The Balaban J connectivity index is 1.63. The van der Waals surface area contributed by atoms with Crippen LogP contribution in [0, 0.1) is 6.92 Å². The van der Waals surface area contributed by atoms with Crippen molar-refractivity contribution in [3.05, 3.63) is 35.7 Å². The molecule has 1 amide bonds. The molecule has 0 aliphatic carbocycles. The van der Waals surface area contributed by atoms with Crippen LogP contribution in [0.2, 0.25) is 0 Å². The first-order chi connectivity index (χ1) is 12.1. The molecule has 0 radical (unpaired) electrons. The summed E-state index contributed by atoms with van der Waals surface area (Å²) in [5, 5.41) is 8.43. The maximum atomic E-state index is 11.8. The second-order valence-electron chi connectivity index (χ2n) is 6.38. The first kappa shape index (κ1) is 17.4. The molecule has 7 heteroatoms. The topological polar surface area (TPSA) is 72.9 Å². The van der Waals surface area contributed by atoms with Gasteiger partial charge in [-0.15, -0.1) is 10.2 Å². The summed E-state index contributed by atoms with van der Waals surface area (Å²) in [4.78, 5) is 14.9. The minimum Gasteiger partial charge on any atom is -0.450 e. The van der Waals surface area contributed by atoms with E-state index in [-0.39, 0.29) is 12.1 Å². The largest absolute Gasteiger partial charge is 0.450 e. The SMILES string of the molecule is CCOC(=O)N1CC[NH+]([C@@H](C)c2nnc(-c3cccc(C)c3)o2)CC1. The second-order valence-corrected chi connectivity index (χ2v) is 6.38. The smallest absolute Gasteiger partial charge is 0.410 e. The number of quaternary nitrogens is 1. The highest BCUT2D eigenvalue weighted by molar-refractivity contribution is 5.67. The number of rotatable bonds is 4. The molecular formula is C18H25N4O3+. The van der Waals surface area contributed by atoms with Crippen molar-refractivity contribution in [2.75, 3.05) is 32.8 Å². The Hall–Kier alpha value is -2.41. The molecule has 7 nitrogen and oxygen atoms in total. The molecule has 1 aliphatic rings. The summed E-state index contributed by atoms with van der Waals surface area (Å²) in [6.45, 7) is 9.38. The predicted molar refractivity (Wildman–Crippen MR) is 92.2 cm³/mol. The lowest BCUT2D eigenvalue weighted by Crippen LogP contribution is -3.14. The van der Waals surface area contributed by atoms with Crippen LogP contribution in [-0.2, 0) is 4.74 Å². The number of hydrogen-bond acceptors (Lipinski definition) is 5. The van der Waals surface area contributed by atoms with Crippen molar-refractivity contribution in [1.29, 1.82) is 0 Å². The highest BCUT2D eigenvalue weighted by Gasteiger charge is 2.31. The number of aryl methyl sites for hydroxylation is 1. The van der Waals surface area contributed by atoms with Gasteiger partial charge in [0.25, 0.3) is 5.89 Å². The molecule has 1 atom stereocenters. The number of aromatic nitrogens is 2. The van der Waals surface area contributed by atoms with Crippen LogP contribution in [0.15, 0.2) is 28.7 Å². The van der Waals surface area contributed by atoms with Gasteiger partial charge in [0, 0.05) is 5.56 Å². The van der Waals surface area contributed by atoms with Gasteiger partial charge >= 0.3 is 6.09 Å². The van der Waals surface area contributed by atoms with E-state index < -0.39 is 0 Å². The van der Waals surface area contributed by atoms with Gasteiger partial charge in [0.15, 0.2) is 6.04 Å². The Bertz CT molecular complexity index is 723. The number of carbonyl (C=O) groups is 1. The van der Waals surface area contributed by atoms with Crippen LogP contribution in [0.5, 0.6) is 0 Å². The summed E-state index contributed by atoms with van der Waals surface area (Å²) in [5.41, 5.74) is 2.10. The van der Waals surface area contributed by atoms with E-state index in [2.05, 4.69) is 17.1 Å². The third kappa shape index (κ3) is 3.99. The molecule has 25 heavy (non-hydrogen) atoms. The first-order valence-corrected chi connectivity index (χ1v) is 8.75. The number of carbonyl (C=O) groups excluding carboxylic acids is 1. The zero-order valence-electron chi connectivity index (χ0n) is 15.0.